The van der Waals surface area contributed by atoms with Crippen LogP contribution >= 0.6 is 0 Å². The van der Waals surface area contributed by atoms with E-state index in [1.165, 1.54) is 18.2 Å². The average molecular weight is 316 g/mol. The summed E-state index contributed by atoms with van der Waals surface area (Å²) in [6, 6.07) is 11.5. The standard InChI is InChI=1S/C17H16O4S/c1-11-6-8-14(9-7-11)22(19,20)21-15-5-3-4-13-10-12(2)17(18)16(13)15/h3-9,12H,10H2,1-2H3. The Balaban J connectivity index is 1.99. The van der Waals surface area contributed by atoms with Gasteiger partial charge in [-0.25, -0.2) is 0 Å². The summed E-state index contributed by atoms with van der Waals surface area (Å²) in [6.45, 7) is 3.71. The van der Waals surface area contributed by atoms with E-state index in [1.54, 1.807) is 18.2 Å². The summed E-state index contributed by atoms with van der Waals surface area (Å²) in [5.41, 5.74) is 2.20. The third kappa shape index (κ3) is 2.52. The largest absolute Gasteiger partial charge is 0.378 e. The van der Waals surface area contributed by atoms with E-state index < -0.39 is 10.1 Å². The molecule has 0 saturated heterocycles. The third-order valence-corrected chi connectivity index (χ3v) is 5.09. The Morgan fingerprint density at radius 2 is 1.77 bits per heavy atom. The summed E-state index contributed by atoms with van der Waals surface area (Å²) in [6.07, 6.45) is 0.621. The summed E-state index contributed by atoms with van der Waals surface area (Å²) in [4.78, 5) is 12.3. The Kier molecular flexibility index (Phi) is 3.53. The minimum atomic E-state index is -3.94. The molecule has 0 saturated carbocycles. The lowest BCUT2D eigenvalue weighted by atomic mass is 10.1. The molecule has 114 valence electrons. The van der Waals surface area contributed by atoms with Gasteiger partial charge in [0.25, 0.3) is 0 Å². The lowest BCUT2D eigenvalue weighted by Gasteiger charge is -2.10. The Morgan fingerprint density at radius 1 is 1.09 bits per heavy atom. The highest BCUT2D eigenvalue weighted by Gasteiger charge is 2.31. The van der Waals surface area contributed by atoms with E-state index in [0.717, 1.165) is 11.1 Å². The van der Waals surface area contributed by atoms with Gasteiger partial charge in [-0.15, -0.1) is 0 Å². The molecule has 0 N–H and O–H groups in total. The number of ketones is 1. The first kappa shape index (κ1) is 14.8. The van der Waals surface area contributed by atoms with Crippen LogP contribution in [-0.4, -0.2) is 14.2 Å². The lowest BCUT2D eigenvalue weighted by Crippen LogP contribution is -2.12. The van der Waals surface area contributed by atoms with Gasteiger partial charge < -0.3 is 4.18 Å². The van der Waals surface area contributed by atoms with Crippen molar-refractivity contribution in [1.29, 1.82) is 0 Å². The van der Waals surface area contributed by atoms with Crippen LogP contribution in [0.5, 0.6) is 5.75 Å². The number of fused-ring (bicyclic) bond motifs is 1. The van der Waals surface area contributed by atoms with Crippen molar-refractivity contribution in [3.63, 3.8) is 0 Å². The van der Waals surface area contributed by atoms with E-state index >= 15 is 0 Å². The van der Waals surface area contributed by atoms with Crippen LogP contribution in [0.15, 0.2) is 47.4 Å². The molecule has 4 nitrogen and oxygen atoms in total. The average Bonchev–Trinajstić information content (AvgIpc) is 2.75. The monoisotopic (exact) mass is 316 g/mol. The van der Waals surface area contributed by atoms with Gasteiger partial charge in [0.1, 0.15) is 4.90 Å². The second-order valence-electron chi connectivity index (χ2n) is 5.61. The minimum Gasteiger partial charge on any atom is -0.378 e. The summed E-state index contributed by atoms with van der Waals surface area (Å²) in [5, 5.41) is 0. The van der Waals surface area contributed by atoms with Crippen molar-refractivity contribution in [2.45, 2.75) is 25.2 Å². The fourth-order valence-electron chi connectivity index (χ4n) is 2.64. The zero-order valence-corrected chi connectivity index (χ0v) is 13.2. The highest BCUT2D eigenvalue weighted by Crippen LogP contribution is 2.34. The van der Waals surface area contributed by atoms with Gasteiger partial charge in [-0.2, -0.15) is 8.42 Å². The highest BCUT2D eigenvalue weighted by molar-refractivity contribution is 7.87. The molecule has 0 aliphatic heterocycles. The second kappa shape index (κ2) is 5.25. The van der Waals surface area contributed by atoms with Crippen LogP contribution in [-0.2, 0) is 16.5 Å². The van der Waals surface area contributed by atoms with Crippen LogP contribution in [0.25, 0.3) is 0 Å². The number of Topliss-reactive ketones (excluding diaryl/α,β-unsaturated/α-hetero) is 1. The van der Waals surface area contributed by atoms with Crippen molar-refractivity contribution < 1.29 is 17.4 Å². The number of rotatable bonds is 3. The predicted molar refractivity (Wildman–Crippen MR) is 82.6 cm³/mol. The Bertz CT molecular complexity index is 835. The quantitative estimate of drug-likeness (QED) is 0.816. The molecule has 0 heterocycles. The van der Waals surface area contributed by atoms with Crippen molar-refractivity contribution in [2.24, 2.45) is 5.92 Å². The first-order chi connectivity index (χ1) is 10.4. The molecule has 5 heteroatoms. The van der Waals surface area contributed by atoms with Crippen molar-refractivity contribution in [3.8, 4) is 5.75 Å². The second-order valence-corrected chi connectivity index (χ2v) is 7.16. The lowest BCUT2D eigenvalue weighted by molar-refractivity contribution is 0.0945. The number of carbonyl (C=O) groups excluding carboxylic acids is 1. The molecule has 0 aromatic heterocycles. The van der Waals surface area contributed by atoms with Gasteiger partial charge in [-0.3, -0.25) is 4.79 Å². The zero-order chi connectivity index (χ0) is 15.9. The van der Waals surface area contributed by atoms with Crippen LogP contribution in [0.1, 0.15) is 28.4 Å². The maximum atomic E-state index is 12.4. The number of hydrogen-bond donors (Lipinski definition) is 0. The molecule has 0 amide bonds. The van der Waals surface area contributed by atoms with Gasteiger partial charge in [-0.05, 0) is 37.1 Å². The fraction of sp³-hybridized carbons (Fsp3) is 0.235. The Morgan fingerprint density at radius 3 is 2.45 bits per heavy atom. The van der Waals surface area contributed by atoms with Gasteiger partial charge in [0.05, 0.1) is 5.56 Å². The van der Waals surface area contributed by atoms with Gasteiger partial charge >= 0.3 is 10.1 Å². The summed E-state index contributed by atoms with van der Waals surface area (Å²) in [7, 11) is -3.94. The van der Waals surface area contributed by atoms with E-state index in [-0.39, 0.29) is 22.3 Å². The molecule has 0 fully saturated rings. The molecule has 0 spiro atoms. The van der Waals surface area contributed by atoms with Crippen LogP contribution in [0.3, 0.4) is 0 Å². The first-order valence-electron chi connectivity index (χ1n) is 7.06. The summed E-state index contributed by atoms with van der Waals surface area (Å²) in [5.74, 6) is -0.0843. The van der Waals surface area contributed by atoms with Gasteiger partial charge in [0.15, 0.2) is 11.5 Å². The number of aryl methyl sites for hydroxylation is 1. The van der Waals surface area contributed by atoms with E-state index in [1.807, 2.05) is 19.9 Å². The summed E-state index contributed by atoms with van der Waals surface area (Å²) < 4.78 is 30.0. The van der Waals surface area contributed by atoms with E-state index in [9.17, 15) is 13.2 Å². The number of carbonyl (C=O) groups is 1. The minimum absolute atomic E-state index is 0.0651. The molecule has 22 heavy (non-hydrogen) atoms. The Labute approximate surface area is 129 Å². The molecule has 1 aliphatic rings. The van der Waals surface area contributed by atoms with Gasteiger partial charge in [0, 0.05) is 5.92 Å². The molecular formula is C17H16O4S. The maximum Gasteiger partial charge on any atom is 0.339 e. The normalized spacial score (nSPS) is 17.4. The fourth-order valence-corrected chi connectivity index (χ4v) is 3.58. The molecule has 0 radical (unpaired) electrons. The molecule has 1 aliphatic carbocycles. The van der Waals surface area contributed by atoms with Gasteiger partial charge in [-0.1, -0.05) is 36.8 Å². The molecule has 2 aromatic rings. The van der Waals surface area contributed by atoms with Crippen LogP contribution in [0.2, 0.25) is 0 Å². The molecular weight excluding hydrogens is 300 g/mol. The number of benzene rings is 2. The Hall–Kier alpha value is -2.14. The van der Waals surface area contributed by atoms with E-state index in [4.69, 9.17) is 4.18 Å². The van der Waals surface area contributed by atoms with E-state index in [0.29, 0.717) is 12.0 Å². The molecule has 3 rings (SSSR count). The summed E-state index contributed by atoms with van der Waals surface area (Å²) >= 11 is 0. The van der Waals surface area contributed by atoms with Crippen LogP contribution < -0.4 is 4.18 Å². The van der Waals surface area contributed by atoms with E-state index in [2.05, 4.69) is 0 Å². The smallest absolute Gasteiger partial charge is 0.339 e. The van der Waals surface area contributed by atoms with Gasteiger partial charge in [0.2, 0.25) is 0 Å². The predicted octanol–water partition coefficient (Wildman–Crippen LogP) is 3.14. The van der Waals surface area contributed by atoms with Crippen molar-refractivity contribution >= 4 is 15.9 Å². The first-order valence-corrected chi connectivity index (χ1v) is 8.46. The molecule has 2 aromatic carbocycles. The maximum absolute atomic E-state index is 12.4. The topological polar surface area (TPSA) is 60.4 Å². The molecule has 0 bridgehead atoms. The molecule has 1 atom stereocenters. The van der Waals surface area contributed by atoms with Crippen molar-refractivity contribution in [3.05, 3.63) is 59.2 Å². The van der Waals surface area contributed by atoms with Crippen LogP contribution in [0, 0.1) is 12.8 Å². The highest BCUT2D eigenvalue weighted by atomic mass is 32.2. The zero-order valence-electron chi connectivity index (χ0n) is 12.4. The van der Waals surface area contributed by atoms with Crippen molar-refractivity contribution in [1.82, 2.24) is 0 Å². The number of hydrogen-bond acceptors (Lipinski definition) is 4. The third-order valence-electron chi connectivity index (χ3n) is 3.84. The van der Waals surface area contributed by atoms with Crippen molar-refractivity contribution in [2.75, 3.05) is 0 Å². The SMILES string of the molecule is Cc1ccc(S(=O)(=O)Oc2cccc3c2C(=O)C(C)C3)cc1. The molecule has 1 unspecified atom stereocenters. The van der Waals surface area contributed by atoms with Crippen LogP contribution in [0.4, 0.5) is 0 Å².